The largest absolute Gasteiger partial charge is 0.496 e. The van der Waals surface area contributed by atoms with Crippen LogP contribution in [0.4, 0.5) is 11.6 Å². The Balaban J connectivity index is 0.000000548. The molecular formula is C38H45N7O3. The van der Waals surface area contributed by atoms with E-state index in [9.17, 15) is 9.90 Å². The fourth-order valence-electron chi connectivity index (χ4n) is 4.81. The minimum absolute atomic E-state index is 0.114. The van der Waals surface area contributed by atoms with E-state index >= 15 is 0 Å². The van der Waals surface area contributed by atoms with Crippen molar-refractivity contribution in [3.05, 3.63) is 126 Å². The monoisotopic (exact) mass is 647 g/mol. The first-order valence-electron chi connectivity index (χ1n) is 15.6. The van der Waals surface area contributed by atoms with Gasteiger partial charge in [-0.25, -0.2) is 9.97 Å². The topological polar surface area (TPSA) is 159 Å². The summed E-state index contributed by atoms with van der Waals surface area (Å²) < 4.78 is 5.45. The summed E-state index contributed by atoms with van der Waals surface area (Å²) in [6, 6.07) is 18.6. The summed E-state index contributed by atoms with van der Waals surface area (Å²) in [7, 11) is 3.30. The number of fused-ring (bicyclic) bond motifs is 1. The van der Waals surface area contributed by atoms with Crippen molar-refractivity contribution >= 4 is 40.2 Å². The molecule has 0 saturated carbocycles. The average molecular weight is 648 g/mol. The van der Waals surface area contributed by atoms with Crippen molar-refractivity contribution in [1.82, 2.24) is 15.3 Å². The third kappa shape index (κ3) is 10.2. The van der Waals surface area contributed by atoms with Gasteiger partial charge in [0.2, 0.25) is 0 Å². The van der Waals surface area contributed by atoms with Crippen molar-refractivity contribution in [1.29, 1.82) is 5.41 Å². The van der Waals surface area contributed by atoms with Crippen molar-refractivity contribution in [3.8, 4) is 5.75 Å². The minimum atomic E-state index is -0.510. The molecule has 3 aromatic carbocycles. The van der Waals surface area contributed by atoms with Crippen LogP contribution in [0.15, 0.2) is 109 Å². The molecule has 0 bridgehead atoms. The second-order valence-corrected chi connectivity index (χ2v) is 10.6. The standard InChI is InChI=1S/C29H28N6O3.C6H10.C3H7N/c1-38-23-13-10-18-4-2-3-5-22(18)24(23)29(37)32-15-17-6-8-19(9-7-17)26(30)25-27(31)33-16-34-28(25)35-20-11-12-21(36)14-20;1-3-5-6-4-2;1-3-4-2/h2-13,16,20-21,30,36H,14-15H2,1H3,(H,32,37)(H3,31,33,34,35);3-4,6H,1,5H2,2H3;3H,1-2H3/b;6-4-;. The van der Waals surface area contributed by atoms with Gasteiger partial charge in [-0.15, -0.1) is 6.58 Å². The average Bonchev–Trinajstić information content (AvgIpc) is 3.53. The second-order valence-electron chi connectivity index (χ2n) is 10.6. The van der Waals surface area contributed by atoms with Crippen LogP contribution in [0.1, 0.15) is 53.7 Å². The lowest BCUT2D eigenvalue weighted by Crippen LogP contribution is -2.23. The van der Waals surface area contributed by atoms with Crippen LogP contribution in [-0.4, -0.2) is 59.2 Å². The van der Waals surface area contributed by atoms with E-state index in [2.05, 4.69) is 38.2 Å². The molecule has 0 radical (unpaired) electrons. The lowest BCUT2D eigenvalue weighted by atomic mass is 10.0. The van der Waals surface area contributed by atoms with E-state index in [1.807, 2.05) is 74.5 Å². The van der Waals surface area contributed by atoms with Gasteiger partial charge in [-0.05, 0) is 48.9 Å². The number of nitrogens with two attached hydrogens (primary N) is 1. The predicted molar refractivity (Wildman–Crippen MR) is 197 cm³/mol. The lowest BCUT2D eigenvalue weighted by Gasteiger charge is -2.17. The SMILES string of the molecule is C=CC/C=C\C.CC=NC.COc1ccc2ccccc2c1C(=O)NCc1ccc(C(=N)c2c(N)ncnc2NC2C=CC(O)C2)cc1. The molecular weight excluding hydrogens is 602 g/mol. The van der Waals surface area contributed by atoms with Crippen LogP contribution in [0.25, 0.3) is 10.8 Å². The van der Waals surface area contributed by atoms with E-state index < -0.39 is 6.10 Å². The van der Waals surface area contributed by atoms with Crippen LogP contribution in [0.3, 0.4) is 0 Å². The summed E-state index contributed by atoms with van der Waals surface area (Å²) in [4.78, 5) is 25.1. The van der Waals surface area contributed by atoms with E-state index in [1.54, 1.807) is 44.6 Å². The number of benzene rings is 3. The molecule has 48 heavy (non-hydrogen) atoms. The molecule has 2 atom stereocenters. The number of allylic oxidation sites excluding steroid dienone is 3. The number of nitrogens with zero attached hydrogens (tertiary/aromatic N) is 3. The van der Waals surface area contributed by atoms with Gasteiger partial charge in [0.05, 0.1) is 30.1 Å². The van der Waals surface area contributed by atoms with Crippen LogP contribution in [-0.2, 0) is 6.54 Å². The normalized spacial score (nSPS) is 14.9. The third-order valence-corrected chi connectivity index (χ3v) is 7.34. The molecule has 250 valence electrons. The Morgan fingerprint density at radius 1 is 1.10 bits per heavy atom. The first-order valence-corrected chi connectivity index (χ1v) is 15.6. The smallest absolute Gasteiger partial charge is 0.255 e. The van der Waals surface area contributed by atoms with Crippen LogP contribution in [0, 0.1) is 5.41 Å². The van der Waals surface area contributed by atoms with Crippen molar-refractivity contribution in [2.24, 2.45) is 4.99 Å². The Hall–Kier alpha value is -5.61. The Kier molecular flexibility index (Phi) is 14.7. The zero-order chi connectivity index (χ0) is 34.9. The number of amides is 1. The molecule has 10 nitrogen and oxygen atoms in total. The number of aliphatic hydroxyl groups is 1. The summed E-state index contributed by atoms with van der Waals surface area (Å²) in [5.74, 6) is 0.910. The number of nitrogens with one attached hydrogen (secondary N) is 3. The Morgan fingerprint density at radius 3 is 2.44 bits per heavy atom. The number of nitrogen functional groups attached to an aromatic ring is 1. The summed E-state index contributed by atoms with van der Waals surface area (Å²) in [6.07, 6.45) is 13.6. The molecule has 0 fully saturated rings. The Morgan fingerprint density at radius 2 is 1.83 bits per heavy atom. The zero-order valence-corrected chi connectivity index (χ0v) is 28.0. The van der Waals surface area contributed by atoms with Gasteiger partial charge in [0.1, 0.15) is 23.7 Å². The van der Waals surface area contributed by atoms with E-state index in [0.717, 1.165) is 22.8 Å². The minimum Gasteiger partial charge on any atom is -0.496 e. The number of ether oxygens (including phenoxy) is 1. The molecule has 0 saturated heterocycles. The summed E-state index contributed by atoms with van der Waals surface area (Å²) in [5, 5.41) is 26.6. The number of aliphatic imine (C=N–C) groups is 1. The van der Waals surface area contributed by atoms with Crippen LogP contribution >= 0.6 is 0 Å². The van der Waals surface area contributed by atoms with Crippen LogP contribution < -0.4 is 21.1 Å². The number of anilines is 2. The van der Waals surface area contributed by atoms with Gasteiger partial charge < -0.3 is 31.2 Å². The van der Waals surface area contributed by atoms with Crippen molar-refractivity contribution in [3.63, 3.8) is 0 Å². The number of aliphatic hydroxyl groups excluding tert-OH is 1. The van der Waals surface area contributed by atoms with Gasteiger partial charge in [0.25, 0.3) is 5.91 Å². The maximum atomic E-state index is 13.1. The van der Waals surface area contributed by atoms with Gasteiger partial charge in [0.15, 0.2) is 0 Å². The molecule has 1 aromatic heterocycles. The highest BCUT2D eigenvalue weighted by Gasteiger charge is 2.22. The van der Waals surface area contributed by atoms with Gasteiger partial charge >= 0.3 is 0 Å². The van der Waals surface area contributed by atoms with E-state index in [1.165, 1.54) is 6.33 Å². The van der Waals surface area contributed by atoms with E-state index in [-0.39, 0.29) is 23.5 Å². The summed E-state index contributed by atoms with van der Waals surface area (Å²) in [5.41, 5.74) is 8.69. The highest BCUT2D eigenvalue weighted by atomic mass is 16.5. The fourth-order valence-corrected chi connectivity index (χ4v) is 4.81. The van der Waals surface area contributed by atoms with Crippen LogP contribution in [0.5, 0.6) is 5.75 Å². The van der Waals surface area contributed by atoms with E-state index in [0.29, 0.717) is 41.2 Å². The predicted octanol–water partition coefficient (Wildman–Crippen LogP) is 6.51. The number of rotatable bonds is 10. The molecule has 1 aliphatic rings. The molecule has 5 rings (SSSR count). The van der Waals surface area contributed by atoms with Crippen molar-refractivity contribution < 1.29 is 14.6 Å². The molecule has 1 amide bonds. The Bertz CT molecular complexity index is 1760. The number of carbonyl (C=O) groups excluding carboxylic acids is 1. The number of hydrogen-bond acceptors (Lipinski definition) is 9. The van der Waals surface area contributed by atoms with Gasteiger partial charge in [-0.2, -0.15) is 0 Å². The quantitative estimate of drug-likeness (QED) is 0.0969. The third-order valence-electron chi connectivity index (χ3n) is 7.34. The fraction of sp³-hybridized carbons (Fsp3) is 0.237. The highest BCUT2D eigenvalue weighted by Crippen LogP contribution is 2.28. The summed E-state index contributed by atoms with van der Waals surface area (Å²) in [6.45, 7) is 7.74. The number of hydrogen-bond donors (Lipinski definition) is 5. The second kappa shape index (κ2) is 19.1. The molecule has 6 N–H and O–H groups in total. The van der Waals surface area contributed by atoms with Gasteiger partial charge in [-0.3, -0.25) is 10.2 Å². The number of aromatic nitrogens is 2. The molecule has 1 aliphatic carbocycles. The zero-order valence-electron chi connectivity index (χ0n) is 28.0. The highest BCUT2D eigenvalue weighted by molar-refractivity contribution is 6.16. The number of carbonyl (C=O) groups is 1. The van der Waals surface area contributed by atoms with Gasteiger partial charge in [-0.1, -0.05) is 85.0 Å². The first-order chi connectivity index (χ1) is 23.3. The van der Waals surface area contributed by atoms with E-state index in [4.69, 9.17) is 15.9 Å². The molecule has 0 spiro atoms. The van der Waals surface area contributed by atoms with Crippen molar-refractivity contribution in [2.45, 2.75) is 45.4 Å². The first kappa shape index (κ1) is 36.9. The van der Waals surface area contributed by atoms with Crippen molar-refractivity contribution in [2.75, 3.05) is 25.2 Å². The maximum absolute atomic E-state index is 13.1. The molecule has 0 aliphatic heterocycles. The molecule has 2 unspecified atom stereocenters. The summed E-state index contributed by atoms with van der Waals surface area (Å²) >= 11 is 0. The number of methoxy groups -OCH3 is 1. The van der Waals surface area contributed by atoms with Crippen LogP contribution in [0.2, 0.25) is 0 Å². The van der Waals surface area contributed by atoms with Gasteiger partial charge in [0, 0.05) is 31.6 Å². The Labute approximate surface area is 282 Å². The molecule has 10 heteroatoms. The lowest BCUT2D eigenvalue weighted by molar-refractivity contribution is 0.0949. The maximum Gasteiger partial charge on any atom is 0.255 e. The molecule has 1 heterocycles. The molecule has 4 aromatic rings.